The molecule has 0 radical (unpaired) electrons. The summed E-state index contributed by atoms with van der Waals surface area (Å²) in [5.74, 6) is -0.862. The average molecular weight is 278 g/mol. The summed E-state index contributed by atoms with van der Waals surface area (Å²) in [6.45, 7) is 5.62. The normalized spacial score (nSPS) is 11.0. The van der Waals surface area contributed by atoms with Crippen molar-refractivity contribution in [3.63, 3.8) is 0 Å². The van der Waals surface area contributed by atoms with Crippen LogP contribution in [0.5, 0.6) is 0 Å². The van der Waals surface area contributed by atoms with E-state index in [1.54, 1.807) is 7.05 Å². The van der Waals surface area contributed by atoms with E-state index in [0.29, 0.717) is 6.42 Å². The summed E-state index contributed by atoms with van der Waals surface area (Å²) in [5, 5.41) is 11.5. The Balaban J connectivity index is 2.65. The van der Waals surface area contributed by atoms with Crippen LogP contribution in [0.25, 0.3) is 0 Å². The molecule has 0 aliphatic rings. The lowest BCUT2D eigenvalue weighted by atomic mass is 9.99. The molecule has 1 aromatic carbocycles. The van der Waals surface area contributed by atoms with Gasteiger partial charge in [0.1, 0.15) is 0 Å². The van der Waals surface area contributed by atoms with Crippen molar-refractivity contribution in [2.24, 2.45) is 0 Å². The number of nitrogens with one attached hydrogen (secondary N) is 1. The maximum atomic E-state index is 12.2. The van der Waals surface area contributed by atoms with E-state index < -0.39 is 11.5 Å². The molecule has 2 N–H and O–H groups in total. The Morgan fingerprint density at radius 1 is 1.25 bits per heavy atom. The smallest absolute Gasteiger partial charge is 0.322 e. The van der Waals surface area contributed by atoms with Gasteiger partial charge in [0.25, 0.3) is 0 Å². The second kappa shape index (κ2) is 6.41. The minimum Gasteiger partial charge on any atom is -0.481 e. The fourth-order valence-electron chi connectivity index (χ4n) is 1.74. The number of carbonyl (C=O) groups excluding carboxylic acids is 1. The Morgan fingerprint density at radius 2 is 1.80 bits per heavy atom. The first kappa shape index (κ1) is 16.0. The number of amides is 2. The first-order chi connectivity index (χ1) is 9.21. The van der Waals surface area contributed by atoms with Crippen molar-refractivity contribution >= 4 is 17.7 Å². The van der Waals surface area contributed by atoms with Gasteiger partial charge in [0.05, 0.1) is 0 Å². The number of hydrogen-bond acceptors (Lipinski definition) is 2. The Bertz CT molecular complexity index is 480. The number of urea groups is 1. The van der Waals surface area contributed by atoms with Gasteiger partial charge in [-0.25, -0.2) is 4.79 Å². The minimum atomic E-state index is -0.862. The third-order valence-electron chi connectivity index (χ3n) is 3.14. The van der Waals surface area contributed by atoms with Crippen molar-refractivity contribution in [1.82, 2.24) is 5.32 Å². The molecule has 2 amide bonds. The number of nitrogens with zero attached hydrogens (tertiary/aromatic N) is 1. The number of aliphatic carboxylic acids is 1. The largest absolute Gasteiger partial charge is 0.481 e. The fourth-order valence-corrected chi connectivity index (χ4v) is 1.74. The van der Waals surface area contributed by atoms with E-state index in [4.69, 9.17) is 5.11 Å². The molecule has 5 nitrogen and oxygen atoms in total. The van der Waals surface area contributed by atoms with E-state index in [2.05, 4.69) is 5.32 Å². The van der Waals surface area contributed by atoms with Gasteiger partial charge in [0, 0.05) is 24.7 Å². The molecule has 0 aliphatic heterocycles. The lowest BCUT2D eigenvalue weighted by Crippen LogP contribution is -2.49. The summed E-state index contributed by atoms with van der Waals surface area (Å²) < 4.78 is 0. The van der Waals surface area contributed by atoms with Crippen LogP contribution in [-0.4, -0.2) is 29.7 Å². The van der Waals surface area contributed by atoms with Gasteiger partial charge in [-0.15, -0.1) is 0 Å². The third-order valence-corrected chi connectivity index (χ3v) is 3.14. The number of anilines is 1. The maximum Gasteiger partial charge on any atom is 0.322 e. The highest BCUT2D eigenvalue weighted by Gasteiger charge is 2.23. The molecule has 110 valence electrons. The van der Waals surface area contributed by atoms with Crippen LogP contribution in [0.2, 0.25) is 0 Å². The lowest BCUT2D eigenvalue weighted by molar-refractivity contribution is -0.137. The molecule has 0 aromatic heterocycles. The number of carboxylic acid groups (broad SMARTS) is 1. The van der Waals surface area contributed by atoms with Gasteiger partial charge in [-0.3, -0.25) is 9.69 Å². The maximum absolute atomic E-state index is 12.2. The number of carbonyl (C=O) groups is 2. The molecule has 0 fully saturated rings. The van der Waals surface area contributed by atoms with Crippen LogP contribution in [0.15, 0.2) is 24.3 Å². The predicted molar refractivity (Wildman–Crippen MR) is 79.1 cm³/mol. The zero-order valence-corrected chi connectivity index (χ0v) is 12.4. The van der Waals surface area contributed by atoms with Gasteiger partial charge in [-0.1, -0.05) is 17.7 Å². The minimum absolute atomic E-state index is 0.0293. The third kappa shape index (κ3) is 4.91. The highest BCUT2D eigenvalue weighted by molar-refractivity contribution is 5.91. The summed E-state index contributed by atoms with van der Waals surface area (Å²) in [6, 6.07) is 7.38. The molecular weight excluding hydrogens is 256 g/mol. The highest BCUT2D eigenvalue weighted by Crippen LogP contribution is 2.16. The quantitative estimate of drug-likeness (QED) is 0.870. The molecule has 0 unspecified atom stereocenters. The van der Waals surface area contributed by atoms with E-state index in [1.165, 1.54) is 4.90 Å². The van der Waals surface area contributed by atoms with Crippen molar-refractivity contribution in [3.8, 4) is 0 Å². The molecule has 0 spiro atoms. The van der Waals surface area contributed by atoms with Crippen LogP contribution in [0.3, 0.4) is 0 Å². The van der Waals surface area contributed by atoms with Crippen molar-refractivity contribution in [1.29, 1.82) is 0 Å². The van der Waals surface area contributed by atoms with Crippen molar-refractivity contribution in [3.05, 3.63) is 29.8 Å². The van der Waals surface area contributed by atoms with Crippen LogP contribution >= 0.6 is 0 Å². The Labute approximate surface area is 119 Å². The molecule has 0 atom stereocenters. The van der Waals surface area contributed by atoms with E-state index in [-0.39, 0.29) is 12.5 Å². The van der Waals surface area contributed by atoms with Crippen LogP contribution in [0.1, 0.15) is 32.3 Å². The molecule has 0 saturated heterocycles. The molecule has 1 aromatic rings. The van der Waals surface area contributed by atoms with E-state index in [1.807, 2.05) is 45.0 Å². The number of benzene rings is 1. The van der Waals surface area contributed by atoms with Crippen LogP contribution in [0.4, 0.5) is 10.5 Å². The monoisotopic (exact) mass is 278 g/mol. The number of rotatable bonds is 5. The molecule has 0 bridgehead atoms. The molecule has 0 heterocycles. The first-order valence-corrected chi connectivity index (χ1v) is 6.55. The summed E-state index contributed by atoms with van der Waals surface area (Å²) in [6.07, 6.45) is 0.414. The van der Waals surface area contributed by atoms with E-state index >= 15 is 0 Å². The second-order valence-corrected chi connectivity index (χ2v) is 5.60. The van der Waals surface area contributed by atoms with E-state index in [0.717, 1.165) is 11.3 Å². The van der Waals surface area contributed by atoms with Crippen LogP contribution < -0.4 is 10.2 Å². The van der Waals surface area contributed by atoms with Gasteiger partial charge in [-0.05, 0) is 39.3 Å². The van der Waals surface area contributed by atoms with Crippen molar-refractivity contribution in [2.75, 3.05) is 11.9 Å². The van der Waals surface area contributed by atoms with Crippen molar-refractivity contribution < 1.29 is 14.7 Å². The van der Waals surface area contributed by atoms with Gasteiger partial charge in [-0.2, -0.15) is 0 Å². The average Bonchev–Trinajstić information content (AvgIpc) is 2.36. The second-order valence-electron chi connectivity index (χ2n) is 5.60. The first-order valence-electron chi connectivity index (χ1n) is 6.55. The van der Waals surface area contributed by atoms with E-state index in [9.17, 15) is 9.59 Å². The Morgan fingerprint density at radius 3 is 2.30 bits per heavy atom. The van der Waals surface area contributed by atoms with Crippen molar-refractivity contribution in [2.45, 2.75) is 39.2 Å². The summed E-state index contributed by atoms with van der Waals surface area (Å²) in [4.78, 5) is 24.3. The molecule has 20 heavy (non-hydrogen) atoms. The highest BCUT2D eigenvalue weighted by atomic mass is 16.4. The summed E-state index contributed by atoms with van der Waals surface area (Å²) >= 11 is 0. The molecule has 0 saturated carbocycles. The Hall–Kier alpha value is -2.04. The number of hydrogen-bond donors (Lipinski definition) is 2. The SMILES string of the molecule is Cc1ccc(N(C)C(=O)NC(C)(C)CCC(=O)O)cc1. The topological polar surface area (TPSA) is 69.6 Å². The standard InChI is InChI=1S/C15H22N2O3/c1-11-5-7-12(8-6-11)17(4)14(20)16-15(2,3)10-9-13(18)19/h5-8H,9-10H2,1-4H3,(H,16,20)(H,18,19). The predicted octanol–water partition coefficient (Wildman–Crippen LogP) is 2.78. The molecule has 5 heteroatoms. The van der Waals surface area contributed by atoms with Gasteiger partial charge in [0.15, 0.2) is 0 Å². The zero-order valence-electron chi connectivity index (χ0n) is 12.4. The molecular formula is C15H22N2O3. The lowest BCUT2D eigenvalue weighted by Gasteiger charge is -2.29. The molecule has 0 aliphatic carbocycles. The summed E-state index contributed by atoms with van der Waals surface area (Å²) in [5.41, 5.74) is 1.36. The van der Waals surface area contributed by atoms with Gasteiger partial charge in [0.2, 0.25) is 0 Å². The van der Waals surface area contributed by atoms with Gasteiger partial charge < -0.3 is 10.4 Å². The number of carboxylic acids is 1. The Kier molecular flexibility index (Phi) is 5.13. The molecule has 1 rings (SSSR count). The zero-order chi connectivity index (χ0) is 15.3. The van der Waals surface area contributed by atoms with Crippen LogP contribution in [0, 0.1) is 6.92 Å². The fraction of sp³-hybridized carbons (Fsp3) is 0.467. The number of aryl methyl sites for hydroxylation is 1. The van der Waals surface area contributed by atoms with Crippen LogP contribution in [-0.2, 0) is 4.79 Å². The van der Waals surface area contributed by atoms with Gasteiger partial charge >= 0.3 is 12.0 Å². The summed E-state index contributed by atoms with van der Waals surface area (Å²) in [7, 11) is 1.69.